The van der Waals surface area contributed by atoms with Crippen molar-refractivity contribution < 1.29 is 0 Å². The zero-order chi connectivity index (χ0) is 12.3. The zero-order valence-electron chi connectivity index (χ0n) is 9.48. The molecule has 0 atom stereocenters. The van der Waals surface area contributed by atoms with Gasteiger partial charge in [-0.2, -0.15) is 0 Å². The van der Waals surface area contributed by atoms with Gasteiger partial charge in [-0.15, -0.1) is 0 Å². The minimum absolute atomic E-state index is 0.291. The van der Waals surface area contributed by atoms with Gasteiger partial charge >= 0.3 is 0 Å². The first-order valence-electron chi connectivity index (χ1n) is 5.92. The van der Waals surface area contributed by atoms with Gasteiger partial charge in [-0.1, -0.05) is 60.5 Å². The fourth-order valence-corrected chi connectivity index (χ4v) is 2.83. The molecule has 1 fully saturated rings. The third kappa shape index (κ3) is 3.64. The maximum absolute atomic E-state index is 6.03. The van der Waals surface area contributed by atoms with Crippen molar-refractivity contribution in [1.82, 2.24) is 4.98 Å². The van der Waals surface area contributed by atoms with Crippen molar-refractivity contribution in [3.05, 3.63) is 21.3 Å². The summed E-state index contributed by atoms with van der Waals surface area (Å²) in [6.07, 6.45) is 6.61. The number of pyridine rings is 1. The molecule has 1 N–H and O–H groups in total. The van der Waals surface area contributed by atoms with Gasteiger partial charge in [0, 0.05) is 6.54 Å². The SMILES string of the molecule is Clc1cc(Cl)c(NCCC2CCCC2)nc1Cl. The van der Waals surface area contributed by atoms with Crippen LogP contribution in [-0.2, 0) is 0 Å². The summed E-state index contributed by atoms with van der Waals surface area (Å²) in [6.45, 7) is 0.884. The fraction of sp³-hybridized carbons (Fsp3) is 0.583. The quantitative estimate of drug-likeness (QED) is 0.787. The van der Waals surface area contributed by atoms with E-state index in [-0.39, 0.29) is 0 Å². The molecule has 1 heterocycles. The van der Waals surface area contributed by atoms with E-state index in [1.54, 1.807) is 6.07 Å². The number of hydrogen-bond donors (Lipinski definition) is 1. The third-order valence-corrected chi connectivity index (χ3v) is 4.17. The van der Waals surface area contributed by atoms with E-state index in [1.165, 1.54) is 25.7 Å². The Morgan fingerprint density at radius 3 is 2.59 bits per heavy atom. The number of rotatable bonds is 4. The summed E-state index contributed by atoms with van der Waals surface area (Å²) in [5.41, 5.74) is 0. The number of anilines is 1. The molecule has 1 aromatic rings. The van der Waals surface area contributed by atoms with Crippen LogP contribution in [0, 0.1) is 5.92 Å². The smallest absolute Gasteiger partial charge is 0.150 e. The standard InChI is InChI=1S/C12H15Cl3N2/c13-9-7-10(14)12(17-11(9)15)16-6-5-8-3-1-2-4-8/h7-8H,1-6H2,(H,16,17). The van der Waals surface area contributed by atoms with Crippen molar-refractivity contribution in [3.8, 4) is 0 Å². The summed E-state index contributed by atoms with van der Waals surface area (Å²) in [6, 6.07) is 1.62. The van der Waals surface area contributed by atoms with E-state index in [0.29, 0.717) is 21.0 Å². The van der Waals surface area contributed by atoms with Crippen molar-refractivity contribution in [2.45, 2.75) is 32.1 Å². The second-order valence-corrected chi connectivity index (χ2v) is 5.63. The second kappa shape index (κ2) is 6.12. The Kier molecular flexibility index (Phi) is 4.78. The lowest BCUT2D eigenvalue weighted by Crippen LogP contribution is -2.08. The van der Waals surface area contributed by atoms with Gasteiger partial charge in [0.1, 0.15) is 11.0 Å². The number of aromatic nitrogens is 1. The van der Waals surface area contributed by atoms with E-state index in [4.69, 9.17) is 34.8 Å². The van der Waals surface area contributed by atoms with Crippen LogP contribution in [0.2, 0.25) is 15.2 Å². The van der Waals surface area contributed by atoms with E-state index < -0.39 is 0 Å². The average molecular weight is 294 g/mol. The molecule has 1 aliphatic carbocycles. The molecule has 0 aromatic carbocycles. The Morgan fingerprint density at radius 2 is 1.88 bits per heavy atom. The molecule has 1 aromatic heterocycles. The molecule has 17 heavy (non-hydrogen) atoms. The largest absolute Gasteiger partial charge is 0.369 e. The van der Waals surface area contributed by atoms with Crippen LogP contribution < -0.4 is 5.32 Å². The molecular weight excluding hydrogens is 279 g/mol. The predicted molar refractivity (Wildman–Crippen MR) is 74.3 cm³/mol. The summed E-state index contributed by atoms with van der Waals surface area (Å²) in [5.74, 6) is 1.48. The summed E-state index contributed by atoms with van der Waals surface area (Å²) in [7, 11) is 0. The number of hydrogen-bond acceptors (Lipinski definition) is 2. The Balaban J connectivity index is 1.87. The van der Waals surface area contributed by atoms with Crippen LogP contribution in [0.3, 0.4) is 0 Å². The van der Waals surface area contributed by atoms with Gasteiger partial charge in [0.15, 0.2) is 0 Å². The first kappa shape index (κ1) is 13.3. The molecule has 0 saturated heterocycles. The molecule has 2 nitrogen and oxygen atoms in total. The minimum atomic E-state index is 0.291. The van der Waals surface area contributed by atoms with E-state index in [9.17, 15) is 0 Å². The van der Waals surface area contributed by atoms with Gasteiger partial charge in [-0.25, -0.2) is 4.98 Å². The minimum Gasteiger partial charge on any atom is -0.369 e. The lowest BCUT2D eigenvalue weighted by molar-refractivity contribution is 0.518. The fourth-order valence-electron chi connectivity index (χ4n) is 2.26. The number of nitrogens with zero attached hydrogens (tertiary/aromatic N) is 1. The maximum Gasteiger partial charge on any atom is 0.150 e. The van der Waals surface area contributed by atoms with Gasteiger partial charge in [-0.3, -0.25) is 0 Å². The van der Waals surface area contributed by atoms with E-state index >= 15 is 0 Å². The van der Waals surface area contributed by atoms with Crippen molar-refractivity contribution >= 4 is 40.6 Å². The first-order chi connectivity index (χ1) is 8.16. The van der Waals surface area contributed by atoms with Crippen molar-refractivity contribution in [3.63, 3.8) is 0 Å². The highest BCUT2D eigenvalue weighted by atomic mass is 35.5. The molecule has 0 amide bonds. The second-order valence-electron chi connectivity index (χ2n) is 4.46. The van der Waals surface area contributed by atoms with Crippen LogP contribution in [0.1, 0.15) is 32.1 Å². The summed E-state index contributed by atoms with van der Waals surface area (Å²) < 4.78 is 0. The lowest BCUT2D eigenvalue weighted by atomic mass is 10.0. The van der Waals surface area contributed by atoms with Gasteiger partial charge < -0.3 is 5.32 Å². The van der Waals surface area contributed by atoms with E-state index in [2.05, 4.69) is 10.3 Å². The monoisotopic (exact) mass is 292 g/mol. The molecule has 5 heteroatoms. The molecule has 0 unspecified atom stereocenters. The zero-order valence-corrected chi connectivity index (χ0v) is 11.7. The first-order valence-corrected chi connectivity index (χ1v) is 7.05. The predicted octanol–water partition coefficient (Wildman–Crippen LogP) is 5.03. The highest BCUT2D eigenvalue weighted by Crippen LogP contribution is 2.30. The highest BCUT2D eigenvalue weighted by molar-refractivity contribution is 6.42. The molecule has 1 saturated carbocycles. The number of nitrogens with one attached hydrogen (secondary N) is 1. The molecule has 0 spiro atoms. The Labute approximate surface area is 117 Å². The third-order valence-electron chi connectivity index (χ3n) is 3.21. The topological polar surface area (TPSA) is 24.9 Å². The molecular formula is C12H15Cl3N2. The van der Waals surface area contributed by atoms with Gasteiger partial charge in [-0.05, 0) is 18.4 Å². The van der Waals surface area contributed by atoms with Crippen LogP contribution in [-0.4, -0.2) is 11.5 Å². The average Bonchev–Trinajstić information content (AvgIpc) is 2.78. The van der Waals surface area contributed by atoms with Crippen LogP contribution in [0.25, 0.3) is 0 Å². The van der Waals surface area contributed by atoms with Crippen molar-refractivity contribution in [1.29, 1.82) is 0 Å². The van der Waals surface area contributed by atoms with E-state index in [1.807, 2.05) is 0 Å². The summed E-state index contributed by atoms with van der Waals surface area (Å²) in [5, 5.41) is 4.42. The molecule has 1 aliphatic rings. The Hall–Kier alpha value is -0.180. The van der Waals surface area contributed by atoms with E-state index in [0.717, 1.165) is 18.9 Å². The lowest BCUT2D eigenvalue weighted by Gasteiger charge is -2.11. The van der Waals surface area contributed by atoms with Gasteiger partial charge in [0.25, 0.3) is 0 Å². The van der Waals surface area contributed by atoms with Crippen molar-refractivity contribution in [2.24, 2.45) is 5.92 Å². The van der Waals surface area contributed by atoms with Crippen LogP contribution in [0.5, 0.6) is 0 Å². The Bertz CT molecular complexity index is 390. The van der Waals surface area contributed by atoms with Crippen LogP contribution >= 0.6 is 34.8 Å². The van der Waals surface area contributed by atoms with Gasteiger partial charge in [0.2, 0.25) is 0 Å². The number of halogens is 3. The molecule has 0 radical (unpaired) electrons. The maximum atomic E-state index is 6.03. The normalized spacial score (nSPS) is 16.4. The molecule has 2 rings (SSSR count). The van der Waals surface area contributed by atoms with Crippen LogP contribution in [0.15, 0.2) is 6.07 Å². The van der Waals surface area contributed by atoms with Gasteiger partial charge in [0.05, 0.1) is 10.0 Å². The molecule has 0 bridgehead atoms. The Morgan fingerprint density at radius 1 is 1.18 bits per heavy atom. The molecule has 0 aliphatic heterocycles. The summed E-state index contributed by atoms with van der Waals surface area (Å²) in [4.78, 5) is 4.13. The van der Waals surface area contributed by atoms with Crippen LogP contribution in [0.4, 0.5) is 5.82 Å². The molecule has 94 valence electrons. The summed E-state index contributed by atoms with van der Waals surface area (Å²) >= 11 is 17.7. The highest BCUT2D eigenvalue weighted by Gasteiger charge is 2.14. The van der Waals surface area contributed by atoms with Crippen molar-refractivity contribution in [2.75, 3.05) is 11.9 Å².